The standard InChI is InChI=1S/C24H27FN4OS/c1-18(26-24(30)27-20-6-3-2-4-7-20)23(22-8-5-17-31-22)29-15-13-28(14-16-29)21-11-9-19(25)10-12-21/h2-12,17-18,23H,13-16H2,1H3,(H2,26,27,30). The molecule has 1 aliphatic heterocycles. The summed E-state index contributed by atoms with van der Waals surface area (Å²) in [7, 11) is 0. The second kappa shape index (κ2) is 9.94. The van der Waals surface area contributed by atoms with Crippen LogP contribution < -0.4 is 15.5 Å². The molecule has 4 rings (SSSR count). The Morgan fingerprint density at radius 3 is 2.32 bits per heavy atom. The Kier molecular flexibility index (Phi) is 6.84. The van der Waals surface area contributed by atoms with E-state index in [1.807, 2.05) is 42.5 Å². The van der Waals surface area contributed by atoms with Crippen molar-refractivity contribution in [2.24, 2.45) is 0 Å². The predicted octanol–water partition coefficient (Wildman–Crippen LogP) is 4.96. The van der Waals surface area contributed by atoms with Crippen molar-refractivity contribution in [2.75, 3.05) is 36.4 Å². The van der Waals surface area contributed by atoms with Crippen molar-refractivity contribution >= 4 is 28.7 Å². The van der Waals surface area contributed by atoms with E-state index in [1.165, 1.54) is 17.0 Å². The fraction of sp³-hybridized carbons (Fsp3) is 0.292. The van der Waals surface area contributed by atoms with Gasteiger partial charge in [-0.1, -0.05) is 24.3 Å². The smallest absolute Gasteiger partial charge is 0.319 e. The lowest BCUT2D eigenvalue weighted by molar-refractivity contribution is 0.157. The Hall–Kier alpha value is -2.90. The van der Waals surface area contributed by atoms with Gasteiger partial charge in [0.15, 0.2) is 0 Å². The van der Waals surface area contributed by atoms with Gasteiger partial charge in [-0.15, -0.1) is 11.3 Å². The van der Waals surface area contributed by atoms with Crippen LogP contribution in [0.2, 0.25) is 0 Å². The molecule has 162 valence electrons. The lowest BCUT2D eigenvalue weighted by Gasteiger charge is -2.42. The van der Waals surface area contributed by atoms with Gasteiger partial charge in [-0.3, -0.25) is 4.90 Å². The number of amides is 2. The van der Waals surface area contributed by atoms with Crippen LogP contribution in [0.3, 0.4) is 0 Å². The van der Waals surface area contributed by atoms with E-state index in [2.05, 4.69) is 44.9 Å². The highest BCUT2D eigenvalue weighted by atomic mass is 32.1. The number of piperazine rings is 1. The van der Waals surface area contributed by atoms with E-state index in [1.54, 1.807) is 11.3 Å². The van der Waals surface area contributed by atoms with E-state index in [9.17, 15) is 9.18 Å². The topological polar surface area (TPSA) is 47.6 Å². The molecule has 0 spiro atoms. The first kappa shape index (κ1) is 21.3. The summed E-state index contributed by atoms with van der Waals surface area (Å²) in [4.78, 5) is 18.5. The van der Waals surface area contributed by atoms with Gasteiger partial charge >= 0.3 is 6.03 Å². The lowest BCUT2D eigenvalue weighted by atomic mass is 10.0. The summed E-state index contributed by atoms with van der Waals surface area (Å²) in [5.41, 5.74) is 1.81. The Morgan fingerprint density at radius 2 is 1.68 bits per heavy atom. The zero-order valence-electron chi connectivity index (χ0n) is 17.5. The summed E-state index contributed by atoms with van der Waals surface area (Å²) in [6.07, 6.45) is 0. The summed E-state index contributed by atoms with van der Waals surface area (Å²) in [5.74, 6) is -0.214. The first-order chi connectivity index (χ1) is 15.1. The fourth-order valence-electron chi connectivity index (χ4n) is 4.09. The molecule has 0 saturated carbocycles. The molecule has 2 aromatic carbocycles. The minimum absolute atomic E-state index is 0.0697. The quantitative estimate of drug-likeness (QED) is 0.572. The summed E-state index contributed by atoms with van der Waals surface area (Å²) >= 11 is 1.71. The van der Waals surface area contributed by atoms with Crippen LogP contribution in [0.15, 0.2) is 72.1 Å². The molecule has 3 aromatic rings. The van der Waals surface area contributed by atoms with Crippen LogP contribution in [0.4, 0.5) is 20.6 Å². The van der Waals surface area contributed by atoms with E-state index < -0.39 is 0 Å². The molecule has 0 radical (unpaired) electrons. The number of thiophene rings is 1. The molecule has 2 amide bonds. The maximum absolute atomic E-state index is 13.2. The number of rotatable bonds is 6. The van der Waals surface area contributed by atoms with E-state index in [0.717, 1.165) is 37.6 Å². The second-order valence-corrected chi connectivity index (χ2v) is 8.69. The number of nitrogens with one attached hydrogen (secondary N) is 2. The number of anilines is 2. The Morgan fingerprint density at radius 1 is 0.968 bits per heavy atom. The van der Waals surface area contributed by atoms with Crippen molar-refractivity contribution < 1.29 is 9.18 Å². The Labute approximate surface area is 186 Å². The van der Waals surface area contributed by atoms with Crippen molar-refractivity contribution in [2.45, 2.75) is 19.0 Å². The van der Waals surface area contributed by atoms with Crippen LogP contribution in [0.25, 0.3) is 0 Å². The van der Waals surface area contributed by atoms with Crippen LogP contribution in [0.1, 0.15) is 17.8 Å². The van der Waals surface area contributed by atoms with Crippen molar-refractivity contribution in [3.63, 3.8) is 0 Å². The minimum Gasteiger partial charge on any atom is -0.369 e. The van der Waals surface area contributed by atoms with E-state index in [4.69, 9.17) is 0 Å². The number of carbonyl (C=O) groups is 1. The number of benzene rings is 2. The third-order valence-electron chi connectivity index (χ3n) is 5.60. The van der Waals surface area contributed by atoms with Gasteiger partial charge in [0.05, 0.1) is 6.04 Å². The van der Waals surface area contributed by atoms with Gasteiger partial charge < -0.3 is 15.5 Å². The van der Waals surface area contributed by atoms with Gasteiger partial charge in [-0.2, -0.15) is 0 Å². The second-order valence-electron chi connectivity index (χ2n) is 7.71. The first-order valence-electron chi connectivity index (χ1n) is 10.5. The number of carbonyl (C=O) groups excluding carboxylic acids is 1. The molecule has 31 heavy (non-hydrogen) atoms. The summed E-state index contributed by atoms with van der Waals surface area (Å²) in [6, 6.07) is 20.1. The first-order valence-corrected chi connectivity index (χ1v) is 11.4. The van der Waals surface area contributed by atoms with Crippen molar-refractivity contribution in [3.05, 3.63) is 82.8 Å². The van der Waals surface area contributed by atoms with Gasteiger partial charge in [0.2, 0.25) is 0 Å². The van der Waals surface area contributed by atoms with Crippen LogP contribution >= 0.6 is 11.3 Å². The highest BCUT2D eigenvalue weighted by Gasteiger charge is 2.31. The molecule has 0 bridgehead atoms. The Bertz CT molecular complexity index is 957. The summed E-state index contributed by atoms with van der Waals surface area (Å²) < 4.78 is 13.2. The fourth-order valence-corrected chi connectivity index (χ4v) is 5.05. The summed E-state index contributed by atoms with van der Waals surface area (Å²) in [6.45, 7) is 5.51. The number of nitrogens with zero attached hydrogens (tertiary/aromatic N) is 2. The van der Waals surface area contributed by atoms with E-state index >= 15 is 0 Å². The number of urea groups is 1. The molecule has 0 aliphatic carbocycles. The highest BCUT2D eigenvalue weighted by molar-refractivity contribution is 7.10. The maximum atomic E-state index is 13.2. The third kappa shape index (κ3) is 5.42. The van der Waals surface area contributed by atoms with Gasteiger partial charge in [0.1, 0.15) is 5.82 Å². The zero-order chi connectivity index (χ0) is 21.6. The van der Waals surface area contributed by atoms with Crippen molar-refractivity contribution in [3.8, 4) is 0 Å². The van der Waals surface area contributed by atoms with Gasteiger partial charge in [0, 0.05) is 48.5 Å². The molecule has 5 nitrogen and oxygen atoms in total. The monoisotopic (exact) mass is 438 g/mol. The van der Waals surface area contributed by atoms with Crippen LogP contribution in [-0.4, -0.2) is 43.2 Å². The highest BCUT2D eigenvalue weighted by Crippen LogP contribution is 2.30. The number of para-hydroxylation sites is 1. The van der Waals surface area contributed by atoms with Crippen LogP contribution in [0, 0.1) is 5.82 Å². The molecular formula is C24H27FN4OS. The largest absolute Gasteiger partial charge is 0.369 e. The summed E-state index contributed by atoms with van der Waals surface area (Å²) in [5, 5.41) is 8.11. The Balaban J connectivity index is 1.41. The predicted molar refractivity (Wildman–Crippen MR) is 125 cm³/mol. The van der Waals surface area contributed by atoms with Crippen molar-refractivity contribution in [1.29, 1.82) is 0 Å². The van der Waals surface area contributed by atoms with E-state index in [0.29, 0.717) is 0 Å². The molecule has 2 unspecified atom stereocenters. The number of hydrogen-bond donors (Lipinski definition) is 2. The van der Waals surface area contributed by atoms with Crippen LogP contribution in [-0.2, 0) is 0 Å². The molecule has 1 saturated heterocycles. The van der Waals surface area contributed by atoms with E-state index in [-0.39, 0.29) is 23.9 Å². The van der Waals surface area contributed by atoms with Gasteiger partial charge in [-0.05, 0) is 54.8 Å². The molecule has 1 fully saturated rings. The normalized spacial score (nSPS) is 16.5. The molecule has 2 N–H and O–H groups in total. The number of hydrogen-bond acceptors (Lipinski definition) is 4. The molecule has 7 heteroatoms. The average Bonchev–Trinajstić information content (AvgIpc) is 3.30. The third-order valence-corrected chi connectivity index (χ3v) is 6.54. The van der Waals surface area contributed by atoms with Crippen molar-refractivity contribution in [1.82, 2.24) is 10.2 Å². The SMILES string of the molecule is CC(NC(=O)Nc1ccccc1)C(c1cccs1)N1CCN(c2ccc(F)cc2)CC1. The lowest BCUT2D eigenvalue weighted by Crippen LogP contribution is -2.52. The van der Waals surface area contributed by atoms with Gasteiger partial charge in [0.25, 0.3) is 0 Å². The zero-order valence-corrected chi connectivity index (χ0v) is 18.3. The average molecular weight is 439 g/mol. The molecule has 1 aromatic heterocycles. The number of halogens is 1. The maximum Gasteiger partial charge on any atom is 0.319 e. The molecular weight excluding hydrogens is 411 g/mol. The minimum atomic E-state index is -0.214. The molecule has 2 heterocycles. The molecule has 2 atom stereocenters. The molecule has 1 aliphatic rings. The van der Waals surface area contributed by atoms with Crippen LogP contribution in [0.5, 0.6) is 0 Å². The van der Waals surface area contributed by atoms with Gasteiger partial charge in [-0.25, -0.2) is 9.18 Å².